The maximum absolute atomic E-state index is 13.2. The van der Waals surface area contributed by atoms with Crippen LogP contribution in [-0.2, 0) is 9.31 Å². The van der Waals surface area contributed by atoms with Crippen LogP contribution in [0.1, 0.15) is 45.6 Å². The maximum atomic E-state index is 13.2. The van der Waals surface area contributed by atoms with Gasteiger partial charge in [0.25, 0.3) is 0 Å². The van der Waals surface area contributed by atoms with Gasteiger partial charge in [0.15, 0.2) is 0 Å². The first kappa shape index (κ1) is 14.4. The summed E-state index contributed by atoms with van der Waals surface area (Å²) in [6.45, 7) is 8.22. The molecule has 0 aromatic heterocycles. The Hall–Kier alpha value is -0.575. The van der Waals surface area contributed by atoms with Gasteiger partial charge in [-0.15, -0.1) is 0 Å². The lowest BCUT2D eigenvalue weighted by molar-refractivity contribution is 0.00578. The lowest BCUT2D eigenvalue weighted by Gasteiger charge is -2.32. The molecule has 1 aliphatic heterocycles. The normalized spacial score (nSPS) is 30.6. The van der Waals surface area contributed by atoms with E-state index in [1.54, 1.807) is 12.1 Å². The average Bonchev–Trinajstić information content (AvgIpc) is 3.07. The molecule has 1 aromatic rings. The largest absolute Gasteiger partial charge is 0.461 e. The van der Waals surface area contributed by atoms with Crippen molar-refractivity contribution in [2.75, 3.05) is 0 Å². The van der Waals surface area contributed by atoms with Gasteiger partial charge in [-0.05, 0) is 57.7 Å². The molecular formula is C15H19BClFO2. The molecule has 108 valence electrons. The van der Waals surface area contributed by atoms with Crippen LogP contribution in [0.15, 0.2) is 18.2 Å². The van der Waals surface area contributed by atoms with Gasteiger partial charge in [0.1, 0.15) is 5.82 Å². The Balaban J connectivity index is 1.72. The van der Waals surface area contributed by atoms with Crippen LogP contribution < -0.4 is 0 Å². The maximum Gasteiger partial charge on any atom is 0.461 e. The highest BCUT2D eigenvalue weighted by atomic mass is 35.5. The minimum absolute atomic E-state index is 0.182. The zero-order valence-corrected chi connectivity index (χ0v) is 13.0. The predicted octanol–water partition coefficient (Wildman–Crippen LogP) is 4.43. The van der Waals surface area contributed by atoms with Crippen LogP contribution in [0.25, 0.3) is 0 Å². The second-order valence-electron chi connectivity index (χ2n) is 6.80. The molecule has 0 unspecified atom stereocenters. The Morgan fingerprint density at radius 2 is 1.80 bits per heavy atom. The third kappa shape index (κ3) is 2.28. The first-order valence-electron chi connectivity index (χ1n) is 7.02. The summed E-state index contributed by atoms with van der Waals surface area (Å²) in [5, 5.41) is 0.182. The van der Waals surface area contributed by atoms with Crippen molar-refractivity contribution in [3.63, 3.8) is 0 Å². The van der Waals surface area contributed by atoms with Crippen LogP contribution in [0.3, 0.4) is 0 Å². The number of rotatable bonds is 2. The summed E-state index contributed by atoms with van der Waals surface area (Å²) in [5.41, 5.74) is 0.465. The lowest BCUT2D eigenvalue weighted by Crippen LogP contribution is -2.41. The van der Waals surface area contributed by atoms with Crippen LogP contribution >= 0.6 is 11.6 Å². The second-order valence-corrected chi connectivity index (χ2v) is 7.21. The minimum Gasteiger partial charge on any atom is -0.403 e. The quantitative estimate of drug-likeness (QED) is 0.752. The van der Waals surface area contributed by atoms with Gasteiger partial charge in [-0.25, -0.2) is 4.39 Å². The molecule has 2 fully saturated rings. The van der Waals surface area contributed by atoms with Crippen molar-refractivity contribution in [1.29, 1.82) is 0 Å². The fourth-order valence-electron chi connectivity index (χ4n) is 2.71. The minimum atomic E-state index is -0.372. The Morgan fingerprint density at radius 3 is 2.35 bits per heavy atom. The van der Waals surface area contributed by atoms with E-state index < -0.39 is 0 Å². The van der Waals surface area contributed by atoms with Crippen LogP contribution in [0.4, 0.5) is 4.39 Å². The zero-order chi connectivity index (χ0) is 14.7. The molecule has 1 saturated heterocycles. The first-order valence-corrected chi connectivity index (χ1v) is 7.40. The van der Waals surface area contributed by atoms with Crippen molar-refractivity contribution < 1.29 is 13.7 Å². The molecule has 0 N–H and O–H groups in total. The molecule has 20 heavy (non-hydrogen) atoms. The Morgan fingerprint density at radius 1 is 1.20 bits per heavy atom. The van der Waals surface area contributed by atoms with Crippen LogP contribution in [0.2, 0.25) is 10.8 Å². The van der Waals surface area contributed by atoms with Gasteiger partial charge in [-0.3, -0.25) is 0 Å². The summed E-state index contributed by atoms with van der Waals surface area (Å²) < 4.78 is 25.3. The number of benzene rings is 1. The summed E-state index contributed by atoms with van der Waals surface area (Å²) in [7, 11) is -0.186. The SMILES string of the molecule is CC1(C)OB([C@@H]2C[C@H]2c2ccc(F)c(Cl)c2)OC1(C)C. The van der Waals surface area contributed by atoms with E-state index in [-0.39, 0.29) is 29.2 Å². The van der Waals surface area contributed by atoms with Crippen LogP contribution in [0.5, 0.6) is 0 Å². The molecular weight excluding hydrogens is 277 g/mol. The van der Waals surface area contributed by atoms with Gasteiger partial charge in [-0.2, -0.15) is 0 Å². The topological polar surface area (TPSA) is 18.5 Å². The summed E-state index contributed by atoms with van der Waals surface area (Å²) in [6.07, 6.45) is 0.999. The van der Waals surface area contributed by atoms with E-state index in [9.17, 15) is 4.39 Å². The molecule has 2 atom stereocenters. The zero-order valence-electron chi connectivity index (χ0n) is 12.2. The first-order chi connectivity index (χ1) is 9.21. The lowest BCUT2D eigenvalue weighted by atomic mass is 9.79. The average molecular weight is 297 g/mol. The fraction of sp³-hybridized carbons (Fsp3) is 0.600. The summed E-state index contributed by atoms with van der Waals surface area (Å²) in [4.78, 5) is 0. The highest BCUT2D eigenvalue weighted by molar-refractivity contribution is 6.49. The van der Waals surface area contributed by atoms with Crippen molar-refractivity contribution in [2.24, 2.45) is 0 Å². The molecule has 3 rings (SSSR count). The third-order valence-electron chi connectivity index (χ3n) is 4.83. The van der Waals surface area contributed by atoms with E-state index in [1.165, 1.54) is 6.07 Å². The number of hydrogen-bond acceptors (Lipinski definition) is 2. The van der Waals surface area contributed by atoms with Crippen molar-refractivity contribution in [3.05, 3.63) is 34.6 Å². The van der Waals surface area contributed by atoms with E-state index in [1.807, 2.05) is 0 Å². The van der Waals surface area contributed by atoms with E-state index in [0.29, 0.717) is 11.7 Å². The highest BCUT2D eigenvalue weighted by Crippen LogP contribution is 2.58. The third-order valence-corrected chi connectivity index (χ3v) is 5.12. The van der Waals surface area contributed by atoms with Gasteiger partial charge in [0.05, 0.1) is 16.2 Å². The monoisotopic (exact) mass is 296 g/mol. The van der Waals surface area contributed by atoms with E-state index in [4.69, 9.17) is 20.9 Å². The van der Waals surface area contributed by atoms with Gasteiger partial charge in [-0.1, -0.05) is 17.7 Å². The molecule has 0 amide bonds. The van der Waals surface area contributed by atoms with Gasteiger partial charge >= 0.3 is 7.12 Å². The van der Waals surface area contributed by atoms with Crippen molar-refractivity contribution in [1.82, 2.24) is 0 Å². The Bertz CT molecular complexity index is 531. The molecule has 2 nitrogen and oxygen atoms in total. The summed E-state index contributed by atoms with van der Waals surface area (Å²) in [5.74, 6) is 0.309. The summed E-state index contributed by atoms with van der Waals surface area (Å²) in [6, 6.07) is 4.95. The van der Waals surface area contributed by atoms with Crippen molar-refractivity contribution in [2.45, 2.75) is 57.1 Å². The molecule has 0 radical (unpaired) electrons. The van der Waals surface area contributed by atoms with Gasteiger partial charge in [0, 0.05) is 5.82 Å². The van der Waals surface area contributed by atoms with Gasteiger partial charge < -0.3 is 9.31 Å². The second kappa shape index (κ2) is 4.46. The Kier molecular flexibility index (Phi) is 3.20. The highest BCUT2D eigenvalue weighted by Gasteiger charge is 2.59. The smallest absolute Gasteiger partial charge is 0.403 e. The van der Waals surface area contributed by atoms with Crippen LogP contribution in [-0.4, -0.2) is 18.3 Å². The predicted molar refractivity (Wildman–Crippen MR) is 78.6 cm³/mol. The molecule has 1 saturated carbocycles. The molecule has 2 aliphatic rings. The number of halogens is 2. The van der Waals surface area contributed by atoms with E-state index in [0.717, 1.165) is 12.0 Å². The van der Waals surface area contributed by atoms with Crippen molar-refractivity contribution in [3.8, 4) is 0 Å². The molecule has 0 spiro atoms. The van der Waals surface area contributed by atoms with Gasteiger partial charge in [0.2, 0.25) is 0 Å². The molecule has 1 aromatic carbocycles. The molecule has 1 heterocycles. The molecule has 0 bridgehead atoms. The standard InChI is InChI=1S/C15H19BClFO2/c1-14(2)15(3,4)20-16(19-14)11-8-10(11)9-5-6-13(18)12(17)7-9/h5-7,10-11H,8H2,1-4H3/t10-,11+/m0/s1. The molecule has 1 aliphatic carbocycles. The summed E-state index contributed by atoms with van der Waals surface area (Å²) >= 11 is 5.85. The van der Waals surface area contributed by atoms with E-state index >= 15 is 0 Å². The number of hydrogen-bond donors (Lipinski definition) is 0. The van der Waals surface area contributed by atoms with E-state index in [2.05, 4.69) is 27.7 Å². The van der Waals surface area contributed by atoms with Crippen molar-refractivity contribution >= 4 is 18.7 Å². The van der Waals surface area contributed by atoms with Crippen LogP contribution in [0, 0.1) is 5.82 Å². The Labute approximate surface area is 124 Å². The fourth-order valence-corrected chi connectivity index (χ4v) is 2.89. The molecule has 5 heteroatoms.